The van der Waals surface area contributed by atoms with E-state index in [4.69, 9.17) is 17.4 Å². The van der Waals surface area contributed by atoms with Crippen molar-refractivity contribution in [3.63, 3.8) is 0 Å². The van der Waals surface area contributed by atoms with Crippen LogP contribution in [0.15, 0.2) is 48.5 Å². The third kappa shape index (κ3) is 1.74. The van der Waals surface area contributed by atoms with Crippen molar-refractivity contribution in [3.05, 3.63) is 53.6 Å². The van der Waals surface area contributed by atoms with Crippen LogP contribution in [0.4, 0.5) is 5.69 Å². The molecule has 4 N–H and O–H groups in total. The molecule has 0 amide bonds. The molecule has 1 aromatic heterocycles. The summed E-state index contributed by atoms with van der Waals surface area (Å²) in [5, 5.41) is 1.68. The lowest BCUT2D eigenvalue weighted by molar-refractivity contribution is 1.35. The molecule has 0 aliphatic carbocycles. The zero-order valence-corrected chi connectivity index (χ0v) is 10.3. The van der Waals surface area contributed by atoms with E-state index in [-0.39, 0.29) is 0 Å². The molecular formula is C14H12ClN3. The summed E-state index contributed by atoms with van der Waals surface area (Å²) >= 11 is 6.02. The van der Waals surface area contributed by atoms with E-state index in [1.807, 2.05) is 48.5 Å². The number of anilines is 1. The fourth-order valence-corrected chi connectivity index (χ4v) is 2.31. The number of hydrazine groups is 1. The van der Waals surface area contributed by atoms with E-state index in [1.54, 1.807) is 0 Å². The molecule has 0 unspecified atom stereocenters. The molecule has 0 aliphatic heterocycles. The molecule has 0 saturated heterocycles. The van der Waals surface area contributed by atoms with Gasteiger partial charge in [-0.25, -0.2) is 0 Å². The number of nitrogen functional groups attached to an aromatic ring is 1. The molecule has 0 bridgehead atoms. The Labute approximate surface area is 110 Å². The van der Waals surface area contributed by atoms with Crippen molar-refractivity contribution in [1.29, 1.82) is 0 Å². The van der Waals surface area contributed by atoms with Gasteiger partial charge in [0.05, 0.1) is 11.4 Å². The first kappa shape index (κ1) is 11.1. The van der Waals surface area contributed by atoms with Crippen LogP contribution in [0, 0.1) is 0 Å². The predicted octanol–water partition coefficient (Wildman–Crippen LogP) is 3.77. The molecule has 90 valence electrons. The molecule has 4 heteroatoms. The van der Waals surface area contributed by atoms with Crippen molar-refractivity contribution in [2.75, 3.05) is 5.43 Å². The number of nitrogens with one attached hydrogen (secondary N) is 2. The molecule has 0 atom stereocenters. The molecule has 1 heterocycles. The Kier molecular flexibility index (Phi) is 2.70. The lowest BCUT2D eigenvalue weighted by Gasteiger charge is -2.03. The maximum atomic E-state index is 6.02. The topological polar surface area (TPSA) is 53.8 Å². The molecule has 3 rings (SSSR count). The molecule has 0 aliphatic rings. The first-order chi connectivity index (χ1) is 8.79. The third-order valence-electron chi connectivity index (χ3n) is 2.97. The van der Waals surface area contributed by atoms with E-state index >= 15 is 0 Å². The van der Waals surface area contributed by atoms with E-state index in [1.165, 1.54) is 0 Å². The highest BCUT2D eigenvalue weighted by molar-refractivity contribution is 6.31. The summed E-state index contributed by atoms with van der Waals surface area (Å²) in [6.07, 6.45) is 0. The van der Waals surface area contributed by atoms with Crippen molar-refractivity contribution in [1.82, 2.24) is 4.98 Å². The van der Waals surface area contributed by atoms with E-state index < -0.39 is 0 Å². The van der Waals surface area contributed by atoms with Gasteiger partial charge in [0.25, 0.3) is 0 Å². The molecule has 3 aromatic rings. The zero-order chi connectivity index (χ0) is 12.5. The smallest absolute Gasteiger partial charge is 0.0822 e. The highest BCUT2D eigenvalue weighted by atomic mass is 35.5. The number of fused-ring (bicyclic) bond motifs is 1. The second-order valence-electron chi connectivity index (χ2n) is 4.08. The predicted molar refractivity (Wildman–Crippen MR) is 76.6 cm³/mol. The Morgan fingerprint density at radius 1 is 1.06 bits per heavy atom. The van der Waals surface area contributed by atoms with Crippen LogP contribution in [-0.4, -0.2) is 4.98 Å². The Morgan fingerprint density at radius 3 is 2.56 bits per heavy atom. The van der Waals surface area contributed by atoms with Crippen molar-refractivity contribution in [2.24, 2.45) is 5.84 Å². The minimum Gasteiger partial charge on any atom is -0.353 e. The van der Waals surface area contributed by atoms with Gasteiger partial charge in [-0.2, -0.15) is 0 Å². The van der Waals surface area contributed by atoms with E-state index in [2.05, 4.69) is 10.4 Å². The van der Waals surface area contributed by atoms with Gasteiger partial charge < -0.3 is 10.4 Å². The number of hydrogen-bond acceptors (Lipinski definition) is 2. The number of hydrogen-bond donors (Lipinski definition) is 3. The van der Waals surface area contributed by atoms with Gasteiger partial charge in [-0.3, -0.25) is 5.84 Å². The minimum atomic E-state index is 0.692. The number of nitrogens with two attached hydrogens (primary N) is 1. The van der Waals surface area contributed by atoms with Gasteiger partial charge in [-0.15, -0.1) is 0 Å². The Bertz CT molecular complexity index is 689. The number of H-pyrrole nitrogens is 1. The van der Waals surface area contributed by atoms with Crippen molar-refractivity contribution in [3.8, 4) is 11.3 Å². The van der Waals surface area contributed by atoms with Gasteiger partial charge in [0, 0.05) is 21.5 Å². The van der Waals surface area contributed by atoms with Crippen LogP contribution in [-0.2, 0) is 0 Å². The van der Waals surface area contributed by atoms with Crippen LogP contribution in [0.5, 0.6) is 0 Å². The monoisotopic (exact) mass is 257 g/mol. The van der Waals surface area contributed by atoms with Gasteiger partial charge in [-0.05, 0) is 18.2 Å². The van der Waals surface area contributed by atoms with Crippen LogP contribution in [0.2, 0.25) is 5.02 Å². The summed E-state index contributed by atoms with van der Waals surface area (Å²) in [6, 6.07) is 15.7. The van der Waals surface area contributed by atoms with Crippen LogP contribution in [0.25, 0.3) is 22.2 Å². The van der Waals surface area contributed by atoms with E-state index in [0.29, 0.717) is 5.02 Å². The minimum absolute atomic E-state index is 0.692. The molecule has 3 nitrogen and oxygen atoms in total. The van der Waals surface area contributed by atoms with Gasteiger partial charge in [-0.1, -0.05) is 41.9 Å². The summed E-state index contributed by atoms with van der Waals surface area (Å²) in [4.78, 5) is 3.36. The normalized spacial score (nSPS) is 10.8. The van der Waals surface area contributed by atoms with E-state index in [0.717, 1.165) is 27.8 Å². The Hall–Kier alpha value is -1.97. The average molecular weight is 258 g/mol. The first-order valence-electron chi connectivity index (χ1n) is 5.63. The highest BCUT2D eigenvalue weighted by Crippen LogP contribution is 2.35. The van der Waals surface area contributed by atoms with Crippen LogP contribution < -0.4 is 11.3 Å². The average Bonchev–Trinajstić information content (AvgIpc) is 2.77. The van der Waals surface area contributed by atoms with Crippen molar-refractivity contribution < 1.29 is 0 Å². The largest absolute Gasteiger partial charge is 0.353 e. The molecule has 0 spiro atoms. The fourth-order valence-electron chi connectivity index (χ4n) is 2.14. The first-order valence-corrected chi connectivity index (χ1v) is 6.00. The SMILES string of the molecule is NNc1c(-c2ccccc2)[nH]c2ccc(Cl)cc12. The summed E-state index contributed by atoms with van der Waals surface area (Å²) in [5.41, 5.74) is 6.67. The van der Waals surface area contributed by atoms with Gasteiger partial charge >= 0.3 is 0 Å². The van der Waals surface area contributed by atoms with Gasteiger partial charge in [0.1, 0.15) is 0 Å². The lowest BCUT2D eigenvalue weighted by atomic mass is 10.1. The van der Waals surface area contributed by atoms with Crippen LogP contribution >= 0.6 is 11.6 Å². The Morgan fingerprint density at radius 2 is 1.83 bits per heavy atom. The standard InChI is InChI=1S/C14H12ClN3/c15-10-6-7-12-11(8-10)14(18-16)13(17-12)9-4-2-1-3-5-9/h1-8,17-18H,16H2. The zero-order valence-electron chi connectivity index (χ0n) is 9.57. The van der Waals surface area contributed by atoms with Crippen molar-refractivity contribution >= 4 is 28.2 Å². The maximum Gasteiger partial charge on any atom is 0.0822 e. The van der Waals surface area contributed by atoms with Crippen LogP contribution in [0.3, 0.4) is 0 Å². The van der Waals surface area contributed by atoms with Crippen LogP contribution in [0.1, 0.15) is 0 Å². The summed E-state index contributed by atoms with van der Waals surface area (Å²) in [6.45, 7) is 0. The second kappa shape index (κ2) is 4.37. The van der Waals surface area contributed by atoms with Gasteiger partial charge in [0.15, 0.2) is 0 Å². The van der Waals surface area contributed by atoms with Gasteiger partial charge in [0.2, 0.25) is 0 Å². The molecule has 0 saturated carbocycles. The summed E-state index contributed by atoms with van der Waals surface area (Å²) in [7, 11) is 0. The molecule has 0 fully saturated rings. The summed E-state index contributed by atoms with van der Waals surface area (Å²) in [5.74, 6) is 5.64. The number of aromatic nitrogens is 1. The fraction of sp³-hybridized carbons (Fsp3) is 0. The Balaban J connectivity index is 2.30. The quantitative estimate of drug-likeness (QED) is 0.483. The van der Waals surface area contributed by atoms with Crippen molar-refractivity contribution in [2.45, 2.75) is 0 Å². The number of benzene rings is 2. The summed E-state index contributed by atoms with van der Waals surface area (Å²) < 4.78 is 0. The molecule has 2 aromatic carbocycles. The molecule has 0 radical (unpaired) electrons. The second-order valence-corrected chi connectivity index (χ2v) is 4.51. The maximum absolute atomic E-state index is 6.02. The molecule has 18 heavy (non-hydrogen) atoms. The lowest BCUT2D eigenvalue weighted by Crippen LogP contribution is -2.07. The molecular weight excluding hydrogens is 246 g/mol. The third-order valence-corrected chi connectivity index (χ3v) is 3.20. The number of rotatable bonds is 2. The highest BCUT2D eigenvalue weighted by Gasteiger charge is 2.12. The number of halogens is 1. The van der Waals surface area contributed by atoms with E-state index in [9.17, 15) is 0 Å². The number of aromatic amines is 1.